The van der Waals surface area contributed by atoms with Crippen molar-refractivity contribution in [1.29, 1.82) is 0 Å². The number of methoxy groups -OCH3 is 2. The van der Waals surface area contributed by atoms with Crippen molar-refractivity contribution in [2.24, 2.45) is 0 Å². The summed E-state index contributed by atoms with van der Waals surface area (Å²) in [5.74, 6) is 1.11. The zero-order valence-corrected chi connectivity index (χ0v) is 14.2. The van der Waals surface area contributed by atoms with Gasteiger partial charge in [0.05, 0.1) is 31.8 Å². The van der Waals surface area contributed by atoms with Crippen LogP contribution in [0.2, 0.25) is 0 Å². The molecule has 0 spiro atoms. The molecule has 1 aromatic heterocycles. The average molecular weight is 331 g/mol. The molecule has 0 saturated carbocycles. The van der Waals surface area contributed by atoms with E-state index in [1.165, 1.54) is 13.3 Å². The van der Waals surface area contributed by atoms with Gasteiger partial charge in [-0.3, -0.25) is 9.78 Å². The number of carbonyl (C=O) groups is 1. The predicted molar refractivity (Wildman–Crippen MR) is 89.7 cm³/mol. The molecule has 1 amide bonds. The molecule has 7 heteroatoms. The van der Waals surface area contributed by atoms with Crippen molar-refractivity contribution >= 4 is 11.7 Å². The zero-order valence-electron chi connectivity index (χ0n) is 14.2. The molecule has 0 saturated heterocycles. The van der Waals surface area contributed by atoms with Gasteiger partial charge in [0.2, 0.25) is 0 Å². The number of amides is 1. The van der Waals surface area contributed by atoms with Gasteiger partial charge in [-0.2, -0.15) is 0 Å². The first-order valence-corrected chi connectivity index (χ1v) is 7.46. The Morgan fingerprint density at radius 1 is 1.17 bits per heavy atom. The maximum Gasteiger partial charge on any atom is 0.257 e. The van der Waals surface area contributed by atoms with Gasteiger partial charge < -0.3 is 19.5 Å². The number of nitrogens with zero attached hydrogens (tertiary/aromatic N) is 2. The lowest BCUT2D eigenvalue weighted by atomic mass is 10.2. The fourth-order valence-corrected chi connectivity index (χ4v) is 2.04. The predicted octanol–water partition coefficient (Wildman–Crippen LogP) is 2.46. The SMILES string of the molecule is COC[C@H](C)Oc1cc(OC)cc(C(=O)Nc2cnc(C)cn2)c1. The molecule has 24 heavy (non-hydrogen) atoms. The van der Waals surface area contributed by atoms with Crippen molar-refractivity contribution in [3.63, 3.8) is 0 Å². The van der Waals surface area contributed by atoms with E-state index in [0.717, 1.165) is 5.69 Å². The molecule has 0 aliphatic rings. The minimum atomic E-state index is -0.323. The summed E-state index contributed by atoms with van der Waals surface area (Å²) < 4.78 is 16.0. The lowest BCUT2D eigenvalue weighted by molar-refractivity contribution is 0.0915. The molecule has 1 atom stereocenters. The topological polar surface area (TPSA) is 82.6 Å². The number of aryl methyl sites for hydroxylation is 1. The molecule has 0 bridgehead atoms. The molecule has 0 radical (unpaired) electrons. The first-order valence-electron chi connectivity index (χ1n) is 7.46. The molecule has 0 unspecified atom stereocenters. The number of ether oxygens (including phenoxy) is 3. The molecule has 7 nitrogen and oxygen atoms in total. The van der Waals surface area contributed by atoms with Crippen LogP contribution in [0.5, 0.6) is 11.5 Å². The van der Waals surface area contributed by atoms with Gasteiger partial charge >= 0.3 is 0 Å². The van der Waals surface area contributed by atoms with E-state index in [2.05, 4.69) is 15.3 Å². The molecular weight excluding hydrogens is 310 g/mol. The van der Waals surface area contributed by atoms with Gasteiger partial charge in [-0.1, -0.05) is 0 Å². The smallest absolute Gasteiger partial charge is 0.257 e. The highest BCUT2D eigenvalue weighted by Crippen LogP contribution is 2.24. The second-order valence-electron chi connectivity index (χ2n) is 5.28. The van der Waals surface area contributed by atoms with Crippen LogP contribution in [0.3, 0.4) is 0 Å². The third-order valence-corrected chi connectivity index (χ3v) is 3.14. The number of rotatable bonds is 7. The van der Waals surface area contributed by atoms with E-state index in [0.29, 0.717) is 29.5 Å². The Bertz CT molecular complexity index is 689. The van der Waals surface area contributed by atoms with Gasteiger partial charge in [0, 0.05) is 18.7 Å². The van der Waals surface area contributed by atoms with Crippen LogP contribution >= 0.6 is 0 Å². The van der Waals surface area contributed by atoms with Crippen molar-refractivity contribution in [3.8, 4) is 11.5 Å². The summed E-state index contributed by atoms with van der Waals surface area (Å²) in [4.78, 5) is 20.6. The molecule has 2 aromatic rings. The average Bonchev–Trinajstić information content (AvgIpc) is 2.56. The number of hydrogen-bond donors (Lipinski definition) is 1. The van der Waals surface area contributed by atoms with Crippen LogP contribution in [-0.2, 0) is 4.74 Å². The van der Waals surface area contributed by atoms with Crippen molar-refractivity contribution in [2.45, 2.75) is 20.0 Å². The summed E-state index contributed by atoms with van der Waals surface area (Å²) in [6, 6.07) is 4.99. The third-order valence-electron chi connectivity index (χ3n) is 3.14. The molecule has 1 aromatic carbocycles. The Kier molecular flexibility index (Phi) is 6.08. The van der Waals surface area contributed by atoms with Crippen molar-refractivity contribution in [1.82, 2.24) is 9.97 Å². The number of benzene rings is 1. The molecule has 0 fully saturated rings. The summed E-state index contributed by atoms with van der Waals surface area (Å²) in [5.41, 5.74) is 1.17. The largest absolute Gasteiger partial charge is 0.497 e. The van der Waals surface area contributed by atoms with Gasteiger partial charge in [-0.15, -0.1) is 0 Å². The monoisotopic (exact) mass is 331 g/mol. The molecular formula is C17H21N3O4. The van der Waals surface area contributed by atoms with Crippen LogP contribution in [0, 0.1) is 6.92 Å². The first-order chi connectivity index (χ1) is 11.5. The van der Waals surface area contributed by atoms with Crippen molar-refractivity contribution in [3.05, 3.63) is 41.9 Å². The Labute approximate surface area is 141 Å². The van der Waals surface area contributed by atoms with E-state index < -0.39 is 0 Å². The number of carbonyl (C=O) groups excluding carboxylic acids is 1. The number of nitrogens with one attached hydrogen (secondary N) is 1. The van der Waals surface area contributed by atoms with Crippen LogP contribution in [0.1, 0.15) is 23.0 Å². The summed E-state index contributed by atoms with van der Waals surface area (Å²) in [5, 5.41) is 2.69. The summed E-state index contributed by atoms with van der Waals surface area (Å²) >= 11 is 0. The van der Waals surface area contributed by atoms with E-state index in [1.807, 2.05) is 13.8 Å². The van der Waals surface area contributed by atoms with E-state index >= 15 is 0 Å². The molecule has 1 N–H and O–H groups in total. The Hall–Kier alpha value is -2.67. The molecule has 0 aliphatic heterocycles. The molecule has 2 rings (SSSR count). The van der Waals surface area contributed by atoms with E-state index in [-0.39, 0.29) is 12.0 Å². The highest BCUT2D eigenvalue weighted by atomic mass is 16.5. The highest BCUT2D eigenvalue weighted by Gasteiger charge is 2.13. The number of hydrogen-bond acceptors (Lipinski definition) is 6. The second-order valence-corrected chi connectivity index (χ2v) is 5.28. The summed E-state index contributed by atoms with van der Waals surface area (Å²) in [6.45, 7) is 4.15. The second kappa shape index (κ2) is 8.26. The third kappa shape index (κ3) is 4.92. The van der Waals surface area contributed by atoms with Gasteiger partial charge in [0.1, 0.15) is 17.6 Å². The van der Waals surface area contributed by atoms with Gasteiger partial charge in [0.25, 0.3) is 5.91 Å². The van der Waals surface area contributed by atoms with Gasteiger partial charge in [0.15, 0.2) is 5.82 Å². The Morgan fingerprint density at radius 3 is 2.54 bits per heavy atom. The summed E-state index contributed by atoms with van der Waals surface area (Å²) in [6.07, 6.45) is 2.94. The fraction of sp³-hybridized carbons (Fsp3) is 0.353. The van der Waals surface area contributed by atoms with Crippen molar-refractivity contribution in [2.75, 3.05) is 26.1 Å². The van der Waals surface area contributed by atoms with Crippen LogP contribution in [-0.4, -0.2) is 42.8 Å². The van der Waals surface area contributed by atoms with Crippen LogP contribution < -0.4 is 14.8 Å². The highest BCUT2D eigenvalue weighted by molar-refractivity contribution is 6.04. The minimum absolute atomic E-state index is 0.152. The van der Waals surface area contributed by atoms with Crippen molar-refractivity contribution < 1.29 is 19.0 Å². The Balaban J connectivity index is 2.18. The quantitative estimate of drug-likeness (QED) is 0.839. The lowest BCUT2D eigenvalue weighted by Crippen LogP contribution is -2.19. The van der Waals surface area contributed by atoms with Crippen LogP contribution in [0.4, 0.5) is 5.82 Å². The van der Waals surface area contributed by atoms with Gasteiger partial charge in [-0.05, 0) is 26.0 Å². The van der Waals surface area contributed by atoms with E-state index in [4.69, 9.17) is 14.2 Å². The lowest BCUT2D eigenvalue weighted by Gasteiger charge is -2.15. The summed E-state index contributed by atoms with van der Waals surface area (Å²) in [7, 11) is 3.14. The zero-order chi connectivity index (χ0) is 17.5. The standard InChI is InChI=1S/C17H21N3O4/c1-11-8-19-16(9-18-11)20-17(21)13-5-14(23-4)7-15(6-13)24-12(2)10-22-3/h5-9,12H,10H2,1-4H3,(H,19,20,21)/t12-/m0/s1. The molecule has 0 aliphatic carbocycles. The Morgan fingerprint density at radius 2 is 1.92 bits per heavy atom. The molecule has 128 valence electrons. The minimum Gasteiger partial charge on any atom is -0.497 e. The maximum atomic E-state index is 12.4. The van der Waals surface area contributed by atoms with Crippen LogP contribution in [0.15, 0.2) is 30.6 Å². The molecule has 1 heterocycles. The van der Waals surface area contributed by atoms with E-state index in [1.54, 1.807) is 31.5 Å². The van der Waals surface area contributed by atoms with E-state index in [9.17, 15) is 4.79 Å². The van der Waals surface area contributed by atoms with Crippen LogP contribution in [0.25, 0.3) is 0 Å². The first kappa shape index (κ1) is 17.7. The fourth-order valence-electron chi connectivity index (χ4n) is 2.04. The normalized spacial score (nSPS) is 11.7. The maximum absolute atomic E-state index is 12.4. The number of anilines is 1. The number of aromatic nitrogens is 2. The van der Waals surface area contributed by atoms with Gasteiger partial charge in [-0.25, -0.2) is 4.98 Å².